The smallest absolute Gasteiger partial charge is 0.178 e. The first-order valence-electron chi connectivity index (χ1n) is 6.26. The molecule has 18 heavy (non-hydrogen) atoms. The molecule has 100 valence electrons. The van der Waals surface area contributed by atoms with Crippen molar-refractivity contribution in [2.45, 2.75) is 43.2 Å². The van der Waals surface area contributed by atoms with E-state index in [9.17, 15) is 8.42 Å². The van der Waals surface area contributed by atoms with E-state index in [0.29, 0.717) is 17.1 Å². The minimum absolute atomic E-state index is 0.179. The number of ether oxygens (including phenoxy) is 1. The Morgan fingerprint density at radius 2 is 1.89 bits per heavy atom. The van der Waals surface area contributed by atoms with Gasteiger partial charge in [0.05, 0.1) is 10.6 Å². The van der Waals surface area contributed by atoms with Crippen LogP contribution in [0.25, 0.3) is 0 Å². The van der Waals surface area contributed by atoms with Crippen LogP contribution < -0.4 is 10.5 Å². The number of nitrogens with two attached hydrogens (primary N) is 1. The van der Waals surface area contributed by atoms with Gasteiger partial charge in [-0.1, -0.05) is 6.92 Å². The summed E-state index contributed by atoms with van der Waals surface area (Å²) in [6.45, 7) is 1.86. The van der Waals surface area contributed by atoms with Crippen LogP contribution in [-0.4, -0.2) is 26.3 Å². The third kappa shape index (κ3) is 3.03. The molecule has 0 spiro atoms. The van der Waals surface area contributed by atoms with Gasteiger partial charge >= 0.3 is 0 Å². The van der Waals surface area contributed by atoms with Crippen molar-refractivity contribution < 1.29 is 13.2 Å². The maximum Gasteiger partial charge on any atom is 0.178 e. The van der Waals surface area contributed by atoms with Gasteiger partial charge in [0.25, 0.3) is 0 Å². The Morgan fingerprint density at radius 1 is 1.28 bits per heavy atom. The molecule has 0 atom stereocenters. The van der Waals surface area contributed by atoms with Gasteiger partial charge in [-0.25, -0.2) is 8.42 Å². The number of rotatable bonds is 5. The summed E-state index contributed by atoms with van der Waals surface area (Å²) >= 11 is 0. The predicted octanol–water partition coefficient (Wildman–Crippen LogP) is 1.74. The molecular formula is C13H19NO3S. The Bertz CT molecular complexity index is 489. The van der Waals surface area contributed by atoms with Gasteiger partial charge in [0.15, 0.2) is 9.84 Å². The molecule has 0 amide bonds. The first-order chi connectivity index (χ1) is 8.51. The molecule has 1 saturated carbocycles. The van der Waals surface area contributed by atoms with Crippen LogP contribution in [0.5, 0.6) is 5.75 Å². The molecule has 0 aliphatic heterocycles. The summed E-state index contributed by atoms with van der Waals surface area (Å²) in [5.41, 5.74) is 5.68. The minimum atomic E-state index is -3.13. The van der Waals surface area contributed by atoms with Gasteiger partial charge in [0.2, 0.25) is 0 Å². The summed E-state index contributed by atoms with van der Waals surface area (Å²) in [7, 11) is -3.13. The number of hydrogen-bond donors (Lipinski definition) is 1. The highest BCUT2D eigenvalue weighted by molar-refractivity contribution is 7.91. The molecule has 1 aromatic rings. The molecule has 0 radical (unpaired) electrons. The third-order valence-electron chi connectivity index (χ3n) is 3.09. The summed E-state index contributed by atoms with van der Waals surface area (Å²) in [6, 6.07) is 6.90. The quantitative estimate of drug-likeness (QED) is 0.884. The zero-order chi connectivity index (χ0) is 13.2. The minimum Gasteiger partial charge on any atom is -0.490 e. The second-order valence-electron chi connectivity index (χ2n) is 4.76. The van der Waals surface area contributed by atoms with Gasteiger partial charge in [-0.3, -0.25) is 0 Å². The van der Waals surface area contributed by atoms with Crippen LogP contribution >= 0.6 is 0 Å². The molecule has 0 aromatic heterocycles. The normalized spacial score (nSPS) is 23.4. The van der Waals surface area contributed by atoms with E-state index in [2.05, 4.69) is 0 Å². The third-order valence-corrected chi connectivity index (χ3v) is 5.03. The van der Waals surface area contributed by atoms with Gasteiger partial charge in [-0.05, 0) is 43.5 Å². The highest BCUT2D eigenvalue weighted by atomic mass is 32.2. The topological polar surface area (TPSA) is 69.4 Å². The lowest BCUT2D eigenvalue weighted by atomic mass is 9.90. The van der Waals surface area contributed by atoms with E-state index in [1.165, 1.54) is 0 Å². The Morgan fingerprint density at radius 3 is 2.39 bits per heavy atom. The number of benzene rings is 1. The fourth-order valence-corrected chi connectivity index (χ4v) is 3.33. The maximum atomic E-state index is 11.8. The van der Waals surface area contributed by atoms with Crippen molar-refractivity contribution >= 4 is 9.84 Å². The zero-order valence-electron chi connectivity index (χ0n) is 10.5. The van der Waals surface area contributed by atoms with E-state index in [-0.39, 0.29) is 17.9 Å². The largest absolute Gasteiger partial charge is 0.490 e. The Hall–Kier alpha value is -1.07. The van der Waals surface area contributed by atoms with Crippen LogP contribution in [0, 0.1) is 0 Å². The lowest BCUT2D eigenvalue weighted by molar-refractivity contribution is 0.101. The molecule has 0 heterocycles. The first-order valence-corrected chi connectivity index (χ1v) is 7.91. The van der Waals surface area contributed by atoms with Crippen molar-refractivity contribution in [2.75, 3.05) is 5.75 Å². The lowest BCUT2D eigenvalue weighted by Crippen LogP contribution is -2.43. The molecule has 1 fully saturated rings. The summed E-state index contributed by atoms with van der Waals surface area (Å²) < 4.78 is 29.3. The SMILES string of the molecule is CCCS(=O)(=O)c1ccc(OC2CC(N)C2)cc1. The summed E-state index contributed by atoms with van der Waals surface area (Å²) in [5, 5.41) is 0. The number of hydrogen-bond acceptors (Lipinski definition) is 4. The first kappa shape index (κ1) is 13.4. The molecule has 1 aromatic carbocycles. The van der Waals surface area contributed by atoms with Crippen LogP contribution in [0.1, 0.15) is 26.2 Å². The lowest BCUT2D eigenvalue weighted by Gasteiger charge is -2.32. The highest BCUT2D eigenvalue weighted by Gasteiger charge is 2.27. The predicted molar refractivity (Wildman–Crippen MR) is 70.4 cm³/mol. The Kier molecular flexibility index (Phi) is 3.92. The van der Waals surface area contributed by atoms with Crippen LogP contribution in [0.2, 0.25) is 0 Å². The average molecular weight is 269 g/mol. The highest BCUT2D eigenvalue weighted by Crippen LogP contribution is 2.25. The van der Waals surface area contributed by atoms with Crippen LogP contribution in [0.15, 0.2) is 29.2 Å². The molecule has 1 aliphatic rings. The zero-order valence-corrected chi connectivity index (χ0v) is 11.3. The Labute approximate surface area is 108 Å². The van der Waals surface area contributed by atoms with E-state index in [0.717, 1.165) is 12.8 Å². The molecule has 2 N–H and O–H groups in total. The fourth-order valence-electron chi connectivity index (χ4n) is 2.01. The van der Waals surface area contributed by atoms with E-state index in [4.69, 9.17) is 10.5 Å². The standard InChI is InChI=1S/C13H19NO3S/c1-2-7-18(15,16)13-5-3-11(4-6-13)17-12-8-10(14)9-12/h3-6,10,12H,2,7-9,14H2,1H3. The molecule has 1 aliphatic carbocycles. The van der Waals surface area contributed by atoms with Crippen LogP contribution in [0.3, 0.4) is 0 Å². The van der Waals surface area contributed by atoms with Gasteiger partial charge in [-0.2, -0.15) is 0 Å². The van der Waals surface area contributed by atoms with E-state index in [1.54, 1.807) is 24.3 Å². The summed E-state index contributed by atoms with van der Waals surface area (Å²) in [5.74, 6) is 0.896. The molecular weight excluding hydrogens is 250 g/mol. The average Bonchev–Trinajstić information content (AvgIpc) is 2.28. The van der Waals surface area contributed by atoms with Crippen molar-refractivity contribution in [3.63, 3.8) is 0 Å². The summed E-state index contributed by atoms with van der Waals surface area (Å²) in [6.07, 6.45) is 2.55. The molecule has 5 heteroatoms. The van der Waals surface area contributed by atoms with Crippen LogP contribution in [-0.2, 0) is 9.84 Å². The van der Waals surface area contributed by atoms with Crippen molar-refractivity contribution in [1.82, 2.24) is 0 Å². The maximum absolute atomic E-state index is 11.8. The molecule has 2 rings (SSSR count). The van der Waals surface area contributed by atoms with Gasteiger partial charge in [0, 0.05) is 6.04 Å². The summed E-state index contributed by atoms with van der Waals surface area (Å²) in [4.78, 5) is 0.363. The molecule has 0 saturated heterocycles. The van der Waals surface area contributed by atoms with Crippen molar-refractivity contribution in [3.05, 3.63) is 24.3 Å². The molecule has 0 bridgehead atoms. The Balaban J connectivity index is 2.01. The van der Waals surface area contributed by atoms with Gasteiger partial charge < -0.3 is 10.5 Å². The monoisotopic (exact) mass is 269 g/mol. The van der Waals surface area contributed by atoms with Crippen molar-refractivity contribution in [2.24, 2.45) is 5.73 Å². The second-order valence-corrected chi connectivity index (χ2v) is 6.87. The van der Waals surface area contributed by atoms with Gasteiger partial charge in [0.1, 0.15) is 11.9 Å². The fraction of sp³-hybridized carbons (Fsp3) is 0.538. The number of sulfone groups is 1. The second kappa shape index (κ2) is 5.28. The van der Waals surface area contributed by atoms with Crippen molar-refractivity contribution in [1.29, 1.82) is 0 Å². The van der Waals surface area contributed by atoms with E-state index >= 15 is 0 Å². The molecule has 0 unspecified atom stereocenters. The van der Waals surface area contributed by atoms with Crippen molar-refractivity contribution in [3.8, 4) is 5.75 Å². The van der Waals surface area contributed by atoms with E-state index in [1.807, 2.05) is 6.92 Å². The van der Waals surface area contributed by atoms with E-state index < -0.39 is 9.84 Å². The van der Waals surface area contributed by atoms with Crippen LogP contribution in [0.4, 0.5) is 0 Å². The molecule has 4 nitrogen and oxygen atoms in total. The van der Waals surface area contributed by atoms with Gasteiger partial charge in [-0.15, -0.1) is 0 Å².